The van der Waals surface area contributed by atoms with E-state index in [2.05, 4.69) is 0 Å². The van der Waals surface area contributed by atoms with Crippen molar-refractivity contribution in [2.75, 3.05) is 52.4 Å². The molecule has 1 saturated heterocycles. The molecule has 13 heteroatoms. The average molecular weight is 433 g/mol. The van der Waals surface area contributed by atoms with Crippen LogP contribution in [-0.4, -0.2) is 129 Å². The molecule has 172 valence electrons. The Hall–Kier alpha value is -2.80. The van der Waals surface area contributed by atoms with Gasteiger partial charge >= 0.3 is 24.2 Å². The van der Waals surface area contributed by atoms with Crippen molar-refractivity contribution in [3.63, 3.8) is 0 Å². The van der Waals surface area contributed by atoms with E-state index in [-0.39, 0.29) is 52.2 Å². The summed E-state index contributed by atoms with van der Waals surface area (Å²) in [6.07, 6.45) is -3.08. The van der Waals surface area contributed by atoms with Crippen molar-refractivity contribution < 1.29 is 39.6 Å². The summed E-state index contributed by atoms with van der Waals surface area (Å²) in [4.78, 5) is 51.1. The highest BCUT2D eigenvalue weighted by Gasteiger charge is 2.32. The summed E-state index contributed by atoms with van der Waals surface area (Å²) in [5.74, 6) is -1.09. The molecule has 0 saturated carbocycles. The van der Waals surface area contributed by atoms with Crippen LogP contribution in [0.3, 0.4) is 0 Å². The molecule has 0 radical (unpaired) electrons. The van der Waals surface area contributed by atoms with Gasteiger partial charge in [-0.05, 0) is 26.3 Å². The molecule has 1 heterocycles. The third-order valence-corrected chi connectivity index (χ3v) is 5.14. The Morgan fingerprint density at radius 3 is 1.67 bits per heavy atom. The molecular weight excluding hydrogens is 402 g/mol. The standard InChI is InChI=1S/C17H31N5O8/c1-12-11-21(17(29)30)8-7-19(15(25)26)5-6-20(16(27)28)9-10-22(12)13(14(23)24)3-2-4-18/h12-13H,2-11,18H2,1H3,(H,23,24)(H,25,26)(H,27,28)(H,29,30). The van der Waals surface area contributed by atoms with Crippen molar-refractivity contribution in [3.8, 4) is 0 Å². The van der Waals surface area contributed by atoms with Crippen molar-refractivity contribution in [1.29, 1.82) is 0 Å². The van der Waals surface area contributed by atoms with Crippen LogP contribution in [0, 0.1) is 0 Å². The van der Waals surface area contributed by atoms with Gasteiger partial charge in [0.1, 0.15) is 6.04 Å². The predicted molar refractivity (Wildman–Crippen MR) is 105 cm³/mol. The molecule has 0 aromatic heterocycles. The maximum Gasteiger partial charge on any atom is 0.407 e. The number of hydrogen-bond donors (Lipinski definition) is 5. The first-order valence-electron chi connectivity index (χ1n) is 9.70. The highest BCUT2D eigenvalue weighted by atomic mass is 16.4. The smallest absolute Gasteiger partial charge is 0.407 e. The lowest BCUT2D eigenvalue weighted by Gasteiger charge is -2.38. The van der Waals surface area contributed by atoms with Crippen LogP contribution in [0.4, 0.5) is 14.4 Å². The van der Waals surface area contributed by atoms with Crippen LogP contribution in [0.25, 0.3) is 0 Å². The molecule has 1 fully saturated rings. The van der Waals surface area contributed by atoms with Gasteiger partial charge < -0.3 is 40.9 Å². The fraction of sp³-hybridized carbons (Fsp3) is 0.765. The Morgan fingerprint density at radius 2 is 1.27 bits per heavy atom. The summed E-state index contributed by atoms with van der Waals surface area (Å²) in [7, 11) is 0. The van der Waals surface area contributed by atoms with Gasteiger partial charge in [0.15, 0.2) is 0 Å². The van der Waals surface area contributed by atoms with Crippen LogP contribution in [0.5, 0.6) is 0 Å². The summed E-state index contributed by atoms with van der Waals surface area (Å²) in [6.45, 7) is 1.42. The zero-order valence-corrected chi connectivity index (χ0v) is 17.0. The van der Waals surface area contributed by atoms with Gasteiger partial charge in [0, 0.05) is 51.9 Å². The Bertz CT molecular complexity index is 619. The first kappa shape index (κ1) is 25.2. The second-order valence-corrected chi connectivity index (χ2v) is 7.14. The van der Waals surface area contributed by atoms with Gasteiger partial charge in [0.2, 0.25) is 0 Å². The van der Waals surface area contributed by atoms with Crippen molar-refractivity contribution in [2.24, 2.45) is 5.73 Å². The number of rotatable bonds is 5. The largest absolute Gasteiger partial charge is 0.480 e. The normalized spacial score (nSPS) is 20.7. The van der Waals surface area contributed by atoms with E-state index in [1.165, 1.54) is 0 Å². The predicted octanol–water partition coefficient (Wildman–Crippen LogP) is -0.177. The van der Waals surface area contributed by atoms with Crippen LogP contribution in [-0.2, 0) is 4.79 Å². The lowest BCUT2D eigenvalue weighted by atomic mass is 10.1. The number of amides is 3. The molecule has 1 aliphatic rings. The van der Waals surface area contributed by atoms with Crippen molar-refractivity contribution in [2.45, 2.75) is 31.8 Å². The highest BCUT2D eigenvalue weighted by Crippen LogP contribution is 2.15. The quantitative estimate of drug-likeness (QED) is 0.389. The van der Waals surface area contributed by atoms with Gasteiger partial charge in [-0.25, -0.2) is 14.4 Å². The zero-order valence-electron chi connectivity index (χ0n) is 17.0. The minimum atomic E-state index is -1.27. The van der Waals surface area contributed by atoms with Gasteiger partial charge in [-0.2, -0.15) is 0 Å². The maximum absolute atomic E-state index is 11.9. The van der Waals surface area contributed by atoms with Crippen LogP contribution in [0.2, 0.25) is 0 Å². The number of nitrogens with zero attached hydrogens (tertiary/aromatic N) is 4. The molecule has 0 bridgehead atoms. The van der Waals surface area contributed by atoms with Gasteiger partial charge in [0.05, 0.1) is 0 Å². The van der Waals surface area contributed by atoms with Gasteiger partial charge in [-0.3, -0.25) is 9.69 Å². The second-order valence-electron chi connectivity index (χ2n) is 7.14. The third kappa shape index (κ3) is 7.55. The van der Waals surface area contributed by atoms with Crippen LogP contribution in [0.15, 0.2) is 0 Å². The van der Waals surface area contributed by atoms with Crippen molar-refractivity contribution in [1.82, 2.24) is 19.6 Å². The number of hydrogen-bond acceptors (Lipinski definition) is 6. The molecule has 0 aromatic carbocycles. The monoisotopic (exact) mass is 433 g/mol. The first-order chi connectivity index (χ1) is 14.1. The summed E-state index contributed by atoms with van der Waals surface area (Å²) < 4.78 is 0. The van der Waals surface area contributed by atoms with E-state index < -0.39 is 36.3 Å². The van der Waals surface area contributed by atoms with E-state index in [9.17, 15) is 39.6 Å². The van der Waals surface area contributed by atoms with Gasteiger partial charge in [-0.15, -0.1) is 0 Å². The van der Waals surface area contributed by atoms with Crippen LogP contribution < -0.4 is 5.73 Å². The van der Waals surface area contributed by atoms with Crippen LogP contribution in [0.1, 0.15) is 19.8 Å². The topological polar surface area (TPSA) is 188 Å². The maximum atomic E-state index is 11.9. The van der Waals surface area contributed by atoms with E-state index in [0.717, 1.165) is 14.7 Å². The Kier molecular flexibility index (Phi) is 10.1. The molecule has 30 heavy (non-hydrogen) atoms. The Balaban J connectivity index is 3.19. The molecule has 6 N–H and O–H groups in total. The number of aliphatic carboxylic acids is 1. The van der Waals surface area contributed by atoms with Gasteiger partial charge in [-0.1, -0.05) is 0 Å². The third-order valence-electron chi connectivity index (χ3n) is 5.14. The summed E-state index contributed by atoms with van der Waals surface area (Å²) in [5, 5.41) is 37.9. The lowest BCUT2D eigenvalue weighted by Crippen LogP contribution is -2.55. The fourth-order valence-electron chi connectivity index (χ4n) is 3.44. The van der Waals surface area contributed by atoms with E-state index in [0.29, 0.717) is 13.0 Å². The molecule has 0 aromatic rings. The molecule has 2 unspecified atom stereocenters. The van der Waals surface area contributed by atoms with E-state index in [1.54, 1.807) is 11.8 Å². The molecular formula is C17H31N5O8. The number of nitrogens with two attached hydrogens (primary N) is 1. The SMILES string of the molecule is CC1CN(C(=O)O)CCN(C(=O)O)CCN(C(=O)O)CCN1C(CCCN)C(=O)O. The second kappa shape index (κ2) is 12.0. The lowest BCUT2D eigenvalue weighted by molar-refractivity contribution is -0.144. The minimum Gasteiger partial charge on any atom is -0.480 e. The van der Waals surface area contributed by atoms with E-state index >= 15 is 0 Å². The number of carboxylic acids is 1. The zero-order chi connectivity index (χ0) is 22.8. The summed E-state index contributed by atoms with van der Waals surface area (Å²) in [6, 6.07) is -1.50. The summed E-state index contributed by atoms with van der Waals surface area (Å²) in [5.41, 5.74) is 5.51. The Morgan fingerprint density at radius 1 is 0.833 bits per heavy atom. The van der Waals surface area contributed by atoms with Crippen molar-refractivity contribution in [3.05, 3.63) is 0 Å². The Labute approximate surface area is 174 Å². The first-order valence-corrected chi connectivity index (χ1v) is 9.70. The molecule has 2 atom stereocenters. The fourth-order valence-corrected chi connectivity index (χ4v) is 3.44. The van der Waals surface area contributed by atoms with Crippen LogP contribution >= 0.6 is 0 Å². The molecule has 0 aliphatic carbocycles. The van der Waals surface area contributed by atoms with Gasteiger partial charge in [0.25, 0.3) is 0 Å². The number of carboxylic acid groups (broad SMARTS) is 4. The van der Waals surface area contributed by atoms with E-state index in [1.807, 2.05) is 0 Å². The molecule has 3 amide bonds. The van der Waals surface area contributed by atoms with E-state index in [4.69, 9.17) is 5.73 Å². The molecule has 1 aliphatic heterocycles. The highest BCUT2D eigenvalue weighted by molar-refractivity contribution is 5.73. The minimum absolute atomic E-state index is 0.0490. The average Bonchev–Trinajstić information content (AvgIpc) is 2.64. The summed E-state index contributed by atoms with van der Waals surface area (Å²) >= 11 is 0. The molecule has 1 rings (SSSR count). The molecule has 0 spiro atoms. The molecule has 13 nitrogen and oxygen atoms in total. The van der Waals surface area contributed by atoms with Crippen molar-refractivity contribution >= 4 is 24.2 Å². The number of carbonyl (C=O) groups is 4.